The zero-order chi connectivity index (χ0) is 13.4. The smallest absolute Gasteiger partial charge is 0.172 e. The Balaban J connectivity index is 2.11. The van der Waals surface area contributed by atoms with E-state index < -0.39 is 0 Å². The molecule has 2 aromatic rings. The second-order valence-corrected chi connectivity index (χ2v) is 4.62. The van der Waals surface area contributed by atoms with E-state index in [0.29, 0.717) is 12.0 Å². The number of aryl methyl sites for hydroxylation is 1. The average Bonchev–Trinajstić information content (AvgIpc) is 2.80. The van der Waals surface area contributed by atoms with Crippen LogP contribution >= 0.6 is 0 Å². The second-order valence-electron chi connectivity index (χ2n) is 4.62. The number of benzene rings is 2. The summed E-state index contributed by atoms with van der Waals surface area (Å²) in [6.45, 7) is 0. The first-order valence-electron chi connectivity index (χ1n) is 6.19. The van der Waals surface area contributed by atoms with Crippen molar-refractivity contribution in [1.82, 2.24) is 0 Å². The summed E-state index contributed by atoms with van der Waals surface area (Å²) in [6.07, 6.45) is 1.30. The third-order valence-electron chi connectivity index (χ3n) is 3.52. The minimum absolute atomic E-state index is 0.174. The number of carbonyl (C=O) groups is 1. The Kier molecular flexibility index (Phi) is 2.82. The van der Waals surface area contributed by atoms with Gasteiger partial charge in [-0.2, -0.15) is 0 Å². The quantitative estimate of drug-likeness (QED) is 0.820. The molecule has 0 aliphatic heterocycles. The summed E-state index contributed by atoms with van der Waals surface area (Å²) in [6, 6.07) is 10.6. The van der Waals surface area contributed by atoms with Crippen LogP contribution in [-0.4, -0.2) is 12.9 Å². The normalized spacial score (nSPS) is 13.5. The first-order chi connectivity index (χ1) is 9.20. The van der Waals surface area contributed by atoms with Crippen LogP contribution in [-0.2, 0) is 6.42 Å². The Bertz CT molecular complexity index is 662. The highest BCUT2D eigenvalue weighted by Gasteiger charge is 2.20. The predicted molar refractivity (Wildman–Crippen MR) is 71.0 cm³/mol. The lowest BCUT2D eigenvalue weighted by Gasteiger charge is -2.09. The van der Waals surface area contributed by atoms with Gasteiger partial charge in [0.05, 0.1) is 7.11 Å². The van der Waals surface area contributed by atoms with E-state index in [1.165, 1.54) is 7.11 Å². The summed E-state index contributed by atoms with van der Waals surface area (Å²) >= 11 is 0. The Morgan fingerprint density at radius 3 is 2.74 bits per heavy atom. The van der Waals surface area contributed by atoms with Crippen molar-refractivity contribution < 1.29 is 13.9 Å². The Hall–Kier alpha value is -2.16. The molecular weight excluding hydrogens is 243 g/mol. The lowest BCUT2D eigenvalue weighted by molar-refractivity contribution is 0.0994. The number of methoxy groups -OCH3 is 1. The fraction of sp³-hybridized carbons (Fsp3) is 0.188. The standard InChI is InChI=1S/C16H13FO2/c1-19-15-4-2-3-13(16(15)17)11-5-7-12-10(9-11)6-8-14(12)18/h2-5,7,9H,6,8H2,1H3. The molecule has 0 spiro atoms. The van der Waals surface area contributed by atoms with E-state index in [0.717, 1.165) is 23.1 Å². The average molecular weight is 256 g/mol. The van der Waals surface area contributed by atoms with E-state index in [2.05, 4.69) is 0 Å². The molecule has 0 atom stereocenters. The van der Waals surface area contributed by atoms with E-state index in [-0.39, 0.29) is 17.3 Å². The van der Waals surface area contributed by atoms with Gasteiger partial charge in [0.15, 0.2) is 17.3 Å². The van der Waals surface area contributed by atoms with E-state index in [9.17, 15) is 9.18 Å². The summed E-state index contributed by atoms with van der Waals surface area (Å²) in [5.41, 5.74) is 3.06. The second kappa shape index (κ2) is 4.50. The molecule has 0 N–H and O–H groups in total. The molecule has 0 radical (unpaired) electrons. The number of hydrogen-bond donors (Lipinski definition) is 0. The predicted octanol–water partition coefficient (Wildman–Crippen LogP) is 3.63. The molecule has 0 amide bonds. The Morgan fingerprint density at radius 2 is 1.95 bits per heavy atom. The highest BCUT2D eigenvalue weighted by molar-refractivity contribution is 6.00. The summed E-state index contributed by atoms with van der Waals surface area (Å²) in [4.78, 5) is 11.6. The molecule has 3 heteroatoms. The lowest BCUT2D eigenvalue weighted by Crippen LogP contribution is -1.93. The molecule has 0 unspecified atom stereocenters. The third-order valence-corrected chi connectivity index (χ3v) is 3.52. The number of ketones is 1. The van der Waals surface area contributed by atoms with Gasteiger partial charge in [0.2, 0.25) is 0 Å². The van der Waals surface area contributed by atoms with E-state index in [1.54, 1.807) is 30.3 Å². The van der Waals surface area contributed by atoms with Crippen LogP contribution in [0, 0.1) is 5.82 Å². The van der Waals surface area contributed by atoms with Crippen molar-refractivity contribution in [3.63, 3.8) is 0 Å². The van der Waals surface area contributed by atoms with Crippen molar-refractivity contribution in [2.75, 3.05) is 7.11 Å². The van der Waals surface area contributed by atoms with Crippen LogP contribution in [0.25, 0.3) is 11.1 Å². The molecule has 0 saturated heterocycles. The van der Waals surface area contributed by atoms with Gasteiger partial charge in [-0.05, 0) is 23.6 Å². The Morgan fingerprint density at radius 1 is 1.11 bits per heavy atom. The SMILES string of the molecule is COc1cccc(-c2ccc3c(c2)CCC3=O)c1F. The number of hydrogen-bond acceptors (Lipinski definition) is 2. The van der Waals surface area contributed by atoms with Gasteiger partial charge in [-0.3, -0.25) is 4.79 Å². The molecule has 0 bridgehead atoms. The first-order valence-corrected chi connectivity index (χ1v) is 6.19. The van der Waals surface area contributed by atoms with Gasteiger partial charge >= 0.3 is 0 Å². The summed E-state index contributed by atoms with van der Waals surface area (Å²) in [5.74, 6) is 0.0380. The third kappa shape index (κ3) is 1.91. The fourth-order valence-corrected chi connectivity index (χ4v) is 2.51. The van der Waals surface area contributed by atoms with Crippen LogP contribution in [0.1, 0.15) is 22.3 Å². The highest BCUT2D eigenvalue weighted by Crippen LogP contribution is 2.32. The molecule has 0 saturated carbocycles. The molecule has 19 heavy (non-hydrogen) atoms. The molecular formula is C16H13FO2. The molecule has 2 nitrogen and oxygen atoms in total. The maximum absolute atomic E-state index is 14.2. The van der Waals surface area contributed by atoms with Crippen molar-refractivity contribution in [1.29, 1.82) is 0 Å². The van der Waals surface area contributed by atoms with Crippen molar-refractivity contribution in [2.45, 2.75) is 12.8 Å². The largest absolute Gasteiger partial charge is 0.494 e. The van der Waals surface area contributed by atoms with Crippen LogP contribution in [0.5, 0.6) is 5.75 Å². The minimum Gasteiger partial charge on any atom is -0.494 e. The summed E-state index contributed by atoms with van der Waals surface area (Å²) < 4.78 is 19.2. The highest BCUT2D eigenvalue weighted by atomic mass is 19.1. The lowest BCUT2D eigenvalue weighted by atomic mass is 10.00. The molecule has 0 heterocycles. The van der Waals surface area contributed by atoms with Gasteiger partial charge in [-0.15, -0.1) is 0 Å². The van der Waals surface area contributed by atoms with Crippen molar-refractivity contribution in [3.8, 4) is 16.9 Å². The molecule has 1 aliphatic carbocycles. The number of halogens is 1. The molecule has 96 valence electrons. The molecule has 0 aromatic heterocycles. The molecule has 2 aromatic carbocycles. The van der Waals surface area contributed by atoms with E-state index in [1.807, 2.05) is 6.07 Å². The fourth-order valence-electron chi connectivity index (χ4n) is 2.51. The minimum atomic E-state index is -0.366. The first kappa shape index (κ1) is 11.9. The molecule has 1 aliphatic rings. The number of carbonyl (C=O) groups excluding carboxylic acids is 1. The molecule has 0 fully saturated rings. The number of ether oxygens (including phenoxy) is 1. The summed E-state index contributed by atoms with van der Waals surface area (Å²) in [5, 5.41) is 0. The maximum Gasteiger partial charge on any atom is 0.172 e. The van der Waals surface area contributed by atoms with Crippen LogP contribution in [0.15, 0.2) is 36.4 Å². The van der Waals surface area contributed by atoms with Crippen molar-refractivity contribution in [2.24, 2.45) is 0 Å². The molecule has 3 rings (SSSR count). The zero-order valence-corrected chi connectivity index (χ0v) is 10.6. The van der Waals surface area contributed by atoms with Gasteiger partial charge in [0.1, 0.15) is 0 Å². The van der Waals surface area contributed by atoms with Crippen molar-refractivity contribution in [3.05, 3.63) is 53.3 Å². The van der Waals surface area contributed by atoms with Gasteiger partial charge in [-0.25, -0.2) is 4.39 Å². The van der Waals surface area contributed by atoms with Crippen LogP contribution < -0.4 is 4.74 Å². The maximum atomic E-state index is 14.2. The van der Waals surface area contributed by atoms with E-state index >= 15 is 0 Å². The number of fused-ring (bicyclic) bond motifs is 1. The van der Waals surface area contributed by atoms with E-state index in [4.69, 9.17) is 4.74 Å². The summed E-state index contributed by atoms with van der Waals surface area (Å²) in [7, 11) is 1.45. The van der Waals surface area contributed by atoms with Gasteiger partial charge in [0, 0.05) is 17.5 Å². The van der Waals surface area contributed by atoms with Gasteiger partial charge in [-0.1, -0.05) is 30.3 Å². The van der Waals surface area contributed by atoms with Crippen LogP contribution in [0.3, 0.4) is 0 Å². The monoisotopic (exact) mass is 256 g/mol. The van der Waals surface area contributed by atoms with Crippen LogP contribution in [0.2, 0.25) is 0 Å². The van der Waals surface area contributed by atoms with Crippen molar-refractivity contribution >= 4 is 5.78 Å². The number of Topliss-reactive ketones (excluding diaryl/α,β-unsaturated/α-hetero) is 1. The zero-order valence-electron chi connectivity index (χ0n) is 10.6. The Labute approximate surface area is 110 Å². The van der Waals surface area contributed by atoms with Gasteiger partial charge in [0.25, 0.3) is 0 Å². The van der Waals surface area contributed by atoms with Crippen LogP contribution in [0.4, 0.5) is 4.39 Å². The number of rotatable bonds is 2. The topological polar surface area (TPSA) is 26.3 Å². The van der Waals surface area contributed by atoms with Gasteiger partial charge < -0.3 is 4.74 Å².